The lowest BCUT2D eigenvalue weighted by Crippen LogP contribution is -2.13. The Morgan fingerprint density at radius 3 is 2.50 bits per heavy atom. The van der Waals surface area contributed by atoms with Crippen molar-refractivity contribution in [3.8, 4) is 23.3 Å². The lowest BCUT2D eigenvalue weighted by Gasteiger charge is -2.12. The Morgan fingerprint density at radius 2 is 1.84 bits per heavy atom. The Balaban J connectivity index is 1.50. The summed E-state index contributed by atoms with van der Waals surface area (Å²) in [6.07, 6.45) is -3.43. The van der Waals surface area contributed by atoms with E-state index in [1.54, 1.807) is 24.3 Å². The SMILES string of the molecule is COc1cc(/C=C(/C#N)C(=O)Nc2nnc(C(F)(F)F)s2)ccc1OCCOCCOc1cccc(C)c1. The number of aromatic nitrogens is 2. The zero-order valence-corrected chi connectivity index (χ0v) is 21.2. The van der Waals surface area contributed by atoms with Crippen molar-refractivity contribution in [1.29, 1.82) is 5.26 Å². The maximum absolute atomic E-state index is 12.7. The van der Waals surface area contributed by atoms with Crippen LogP contribution in [-0.2, 0) is 15.7 Å². The van der Waals surface area contributed by atoms with E-state index in [4.69, 9.17) is 18.9 Å². The number of carbonyl (C=O) groups excluding carboxylic acids is 1. The molecule has 0 aliphatic carbocycles. The molecule has 1 N–H and O–H groups in total. The molecule has 0 radical (unpaired) electrons. The largest absolute Gasteiger partial charge is 0.493 e. The van der Waals surface area contributed by atoms with Gasteiger partial charge in [-0.3, -0.25) is 10.1 Å². The van der Waals surface area contributed by atoms with Crippen molar-refractivity contribution in [2.75, 3.05) is 38.9 Å². The van der Waals surface area contributed by atoms with Crippen molar-refractivity contribution < 1.29 is 36.9 Å². The molecular weight excluding hydrogens is 525 g/mol. The first-order chi connectivity index (χ1) is 18.2. The number of methoxy groups -OCH3 is 1. The molecule has 3 rings (SSSR count). The third-order valence-corrected chi connectivity index (χ3v) is 5.61. The summed E-state index contributed by atoms with van der Waals surface area (Å²) in [6.45, 7) is 3.31. The van der Waals surface area contributed by atoms with E-state index in [-0.39, 0.29) is 28.6 Å². The Morgan fingerprint density at radius 1 is 1.08 bits per heavy atom. The van der Waals surface area contributed by atoms with Crippen LogP contribution in [0.15, 0.2) is 48.0 Å². The predicted octanol–water partition coefficient (Wildman–Crippen LogP) is 4.89. The van der Waals surface area contributed by atoms with Crippen molar-refractivity contribution in [3.05, 3.63) is 64.2 Å². The molecule has 0 aliphatic heterocycles. The van der Waals surface area contributed by atoms with Crippen molar-refractivity contribution in [1.82, 2.24) is 10.2 Å². The first-order valence-corrected chi connectivity index (χ1v) is 11.9. The standard InChI is InChI=1S/C25H23F3N4O5S/c1-16-4-3-5-19(12-16)36-10-8-35-9-11-37-20-7-6-17(14-21(20)34-2)13-18(15-29)22(33)30-24-32-31-23(38-24)25(26,27)28/h3-7,12-14H,8-11H2,1-2H3,(H,30,32,33)/b18-13-. The van der Waals surface area contributed by atoms with Gasteiger partial charge in [-0.05, 0) is 48.4 Å². The molecule has 38 heavy (non-hydrogen) atoms. The van der Waals surface area contributed by atoms with Gasteiger partial charge in [-0.1, -0.05) is 29.5 Å². The summed E-state index contributed by atoms with van der Waals surface area (Å²) in [6, 6.07) is 14.2. The van der Waals surface area contributed by atoms with E-state index in [0.717, 1.165) is 11.3 Å². The molecule has 3 aromatic rings. The highest BCUT2D eigenvalue weighted by Gasteiger charge is 2.35. The maximum Gasteiger partial charge on any atom is 0.445 e. The van der Waals surface area contributed by atoms with Gasteiger partial charge >= 0.3 is 6.18 Å². The van der Waals surface area contributed by atoms with Gasteiger partial charge in [0.2, 0.25) is 10.1 Å². The number of anilines is 1. The number of nitrogens with one attached hydrogen (secondary N) is 1. The highest BCUT2D eigenvalue weighted by atomic mass is 32.1. The van der Waals surface area contributed by atoms with Gasteiger partial charge < -0.3 is 18.9 Å². The fraction of sp³-hybridized carbons (Fsp3) is 0.280. The summed E-state index contributed by atoms with van der Waals surface area (Å²) in [4.78, 5) is 12.4. The van der Waals surface area contributed by atoms with Gasteiger partial charge in [0, 0.05) is 0 Å². The number of hydrogen-bond acceptors (Lipinski definition) is 9. The van der Waals surface area contributed by atoms with Crippen molar-refractivity contribution in [2.45, 2.75) is 13.1 Å². The summed E-state index contributed by atoms with van der Waals surface area (Å²) >= 11 is 0.154. The number of carbonyl (C=O) groups is 1. The van der Waals surface area contributed by atoms with Crippen LogP contribution in [0.1, 0.15) is 16.1 Å². The summed E-state index contributed by atoms with van der Waals surface area (Å²) in [5, 5.41) is 16.2. The van der Waals surface area contributed by atoms with Crippen molar-refractivity contribution in [2.24, 2.45) is 0 Å². The fourth-order valence-electron chi connectivity index (χ4n) is 3.00. The van der Waals surface area contributed by atoms with Crippen LogP contribution in [0.3, 0.4) is 0 Å². The molecule has 2 aromatic carbocycles. The first kappa shape index (κ1) is 28.4. The summed E-state index contributed by atoms with van der Waals surface area (Å²) < 4.78 is 60.2. The molecular formula is C25H23F3N4O5S. The Kier molecular flexibility index (Phi) is 10.0. The molecule has 0 atom stereocenters. The molecule has 9 nitrogen and oxygen atoms in total. The average molecular weight is 549 g/mol. The first-order valence-electron chi connectivity index (χ1n) is 11.1. The van der Waals surface area contributed by atoms with Crippen LogP contribution in [0.2, 0.25) is 0 Å². The quantitative estimate of drug-likeness (QED) is 0.193. The van der Waals surface area contributed by atoms with E-state index in [9.17, 15) is 23.2 Å². The van der Waals surface area contributed by atoms with Gasteiger partial charge in [0.1, 0.15) is 30.6 Å². The lowest BCUT2D eigenvalue weighted by molar-refractivity contribution is -0.138. The van der Waals surface area contributed by atoms with Gasteiger partial charge in [-0.15, -0.1) is 10.2 Å². The monoisotopic (exact) mass is 548 g/mol. The molecule has 1 amide bonds. The number of nitriles is 1. The zero-order valence-electron chi connectivity index (χ0n) is 20.4. The van der Waals surface area contributed by atoms with Crippen LogP contribution in [0, 0.1) is 18.3 Å². The molecule has 0 fully saturated rings. The van der Waals surface area contributed by atoms with Gasteiger partial charge in [-0.2, -0.15) is 18.4 Å². The summed E-state index contributed by atoms with van der Waals surface area (Å²) in [7, 11) is 1.43. The number of hydrogen-bond donors (Lipinski definition) is 1. The molecule has 0 saturated heterocycles. The minimum absolute atomic E-state index is 0.154. The van der Waals surface area contributed by atoms with Crippen LogP contribution in [0.5, 0.6) is 17.2 Å². The molecule has 0 spiro atoms. The van der Waals surface area contributed by atoms with Gasteiger partial charge in [0.25, 0.3) is 5.91 Å². The van der Waals surface area contributed by atoms with E-state index < -0.39 is 17.1 Å². The Labute approximate surface area is 220 Å². The van der Waals surface area contributed by atoms with E-state index >= 15 is 0 Å². The molecule has 0 aliphatic rings. The number of halogens is 3. The summed E-state index contributed by atoms with van der Waals surface area (Å²) in [5.41, 5.74) is 1.18. The Hall–Kier alpha value is -4.15. The minimum Gasteiger partial charge on any atom is -0.493 e. The molecule has 1 heterocycles. The zero-order chi connectivity index (χ0) is 27.5. The fourth-order valence-corrected chi connectivity index (χ4v) is 3.60. The molecule has 0 bridgehead atoms. The lowest BCUT2D eigenvalue weighted by atomic mass is 10.1. The number of alkyl halides is 3. The van der Waals surface area contributed by atoms with E-state index in [2.05, 4.69) is 15.5 Å². The van der Waals surface area contributed by atoms with E-state index in [0.29, 0.717) is 36.9 Å². The predicted molar refractivity (Wildman–Crippen MR) is 133 cm³/mol. The minimum atomic E-state index is -4.68. The number of rotatable bonds is 12. The van der Waals surface area contributed by atoms with Gasteiger partial charge in [-0.25, -0.2) is 0 Å². The van der Waals surface area contributed by atoms with Crippen LogP contribution in [-0.4, -0.2) is 49.6 Å². The number of aryl methyl sites for hydroxylation is 1. The van der Waals surface area contributed by atoms with Crippen molar-refractivity contribution >= 4 is 28.5 Å². The Bertz CT molecular complexity index is 1320. The van der Waals surface area contributed by atoms with Crippen LogP contribution < -0.4 is 19.5 Å². The third-order valence-electron chi connectivity index (χ3n) is 4.72. The summed E-state index contributed by atoms with van der Waals surface area (Å²) in [5.74, 6) is 0.607. The normalized spacial score (nSPS) is 11.5. The second-order valence-corrected chi connectivity index (χ2v) is 8.55. The second kappa shape index (κ2) is 13.4. The topological polar surface area (TPSA) is 116 Å². The van der Waals surface area contributed by atoms with Crippen LogP contribution in [0.25, 0.3) is 6.08 Å². The average Bonchev–Trinajstić information content (AvgIpc) is 3.36. The molecule has 0 saturated carbocycles. The van der Waals surface area contributed by atoms with Gasteiger partial charge in [0.15, 0.2) is 11.5 Å². The number of nitrogens with zero attached hydrogens (tertiary/aromatic N) is 3. The number of benzene rings is 2. The van der Waals surface area contributed by atoms with Crippen molar-refractivity contribution in [3.63, 3.8) is 0 Å². The third kappa shape index (κ3) is 8.46. The van der Waals surface area contributed by atoms with Crippen LogP contribution >= 0.6 is 11.3 Å². The highest BCUT2D eigenvalue weighted by Crippen LogP contribution is 2.33. The van der Waals surface area contributed by atoms with Gasteiger partial charge in [0.05, 0.1) is 20.3 Å². The maximum atomic E-state index is 12.7. The molecule has 13 heteroatoms. The molecule has 0 unspecified atom stereocenters. The second-order valence-electron chi connectivity index (χ2n) is 7.57. The highest BCUT2D eigenvalue weighted by molar-refractivity contribution is 7.15. The number of amides is 1. The number of ether oxygens (including phenoxy) is 4. The van der Waals surface area contributed by atoms with E-state index in [1.807, 2.05) is 31.2 Å². The molecule has 200 valence electrons. The van der Waals surface area contributed by atoms with Crippen LogP contribution in [0.4, 0.5) is 18.3 Å². The van der Waals surface area contributed by atoms with E-state index in [1.165, 1.54) is 13.2 Å². The molecule has 1 aromatic heterocycles. The smallest absolute Gasteiger partial charge is 0.445 e.